The van der Waals surface area contributed by atoms with Crippen molar-refractivity contribution in [3.63, 3.8) is 0 Å². The quantitative estimate of drug-likeness (QED) is 0.549. The van der Waals surface area contributed by atoms with E-state index in [9.17, 15) is 4.39 Å². The number of hydrogen-bond acceptors (Lipinski definition) is 0. The molecule has 0 atom stereocenters. The molecule has 1 aromatic rings. The Balaban J connectivity index is 2.43. The Hall–Kier alpha value is -0.785. The maximum atomic E-state index is 11.6. The first-order chi connectivity index (χ1) is 4.93. The van der Waals surface area contributed by atoms with Crippen molar-refractivity contribution in [1.29, 1.82) is 0 Å². The molecule has 0 saturated heterocycles. The third kappa shape index (κ3) is 2.22. The minimum atomic E-state index is -0.269. The minimum Gasteiger partial charge on any atom is -0.252 e. The lowest BCUT2D eigenvalue weighted by molar-refractivity contribution is 0.526. The second kappa shape index (κ2) is 4.10. The van der Waals surface area contributed by atoms with Gasteiger partial charge in [0.2, 0.25) is 0 Å². The van der Waals surface area contributed by atoms with Crippen LogP contribution in [0.5, 0.6) is 0 Å². The van der Waals surface area contributed by atoms with Crippen LogP contribution < -0.4 is 5.46 Å². The summed E-state index contributed by atoms with van der Waals surface area (Å²) in [5.74, 6) is 0. The van der Waals surface area contributed by atoms with Crippen molar-refractivity contribution in [2.24, 2.45) is 0 Å². The molecule has 0 saturated carbocycles. The van der Waals surface area contributed by atoms with E-state index < -0.39 is 0 Å². The first-order valence-corrected chi connectivity index (χ1v) is 3.37. The molecule has 51 valence electrons. The molecule has 2 heteroatoms. The molecular weight excluding hydrogens is 126 g/mol. The largest absolute Gasteiger partial charge is 0.252 e. The van der Waals surface area contributed by atoms with Gasteiger partial charge in [0.15, 0.2) is 7.28 Å². The smallest absolute Gasteiger partial charge is 0.154 e. The summed E-state index contributed by atoms with van der Waals surface area (Å²) in [6.07, 6.45) is 0.518. The van der Waals surface area contributed by atoms with E-state index in [-0.39, 0.29) is 6.67 Å². The second-order valence-corrected chi connectivity index (χ2v) is 2.09. The second-order valence-electron chi connectivity index (χ2n) is 2.09. The van der Waals surface area contributed by atoms with Crippen molar-refractivity contribution in [2.45, 2.75) is 6.32 Å². The van der Waals surface area contributed by atoms with E-state index >= 15 is 0 Å². The van der Waals surface area contributed by atoms with E-state index in [0.29, 0.717) is 6.32 Å². The number of alkyl halides is 1. The highest BCUT2D eigenvalue weighted by Crippen LogP contribution is 1.84. The fourth-order valence-corrected chi connectivity index (χ4v) is 0.810. The van der Waals surface area contributed by atoms with Crippen LogP contribution in [-0.4, -0.2) is 14.0 Å². The van der Waals surface area contributed by atoms with E-state index in [1.54, 1.807) is 0 Å². The third-order valence-corrected chi connectivity index (χ3v) is 1.29. The molecular formula is C8H9BF. The lowest BCUT2D eigenvalue weighted by atomic mass is 9.68. The average molecular weight is 135 g/mol. The summed E-state index contributed by atoms with van der Waals surface area (Å²) < 4.78 is 11.6. The van der Waals surface area contributed by atoms with Gasteiger partial charge in [-0.05, 0) is 6.32 Å². The zero-order chi connectivity index (χ0) is 7.23. The van der Waals surface area contributed by atoms with Gasteiger partial charge in [-0.25, -0.2) is 0 Å². The Morgan fingerprint density at radius 3 is 2.50 bits per heavy atom. The monoisotopic (exact) mass is 135 g/mol. The van der Waals surface area contributed by atoms with Crippen molar-refractivity contribution >= 4 is 12.7 Å². The van der Waals surface area contributed by atoms with E-state index in [0.717, 1.165) is 5.46 Å². The van der Waals surface area contributed by atoms with Crippen LogP contribution in [0.25, 0.3) is 0 Å². The Morgan fingerprint density at radius 1 is 1.20 bits per heavy atom. The summed E-state index contributed by atoms with van der Waals surface area (Å²) in [7, 11) is 1.89. The van der Waals surface area contributed by atoms with Crippen molar-refractivity contribution in [3.05, 3.63) is 30.3 Å². The van der Waals surface area contributed by atoms with Gasteiger partial charge < -0.3 is 0 Å². The molecule has 0 aliphatic heterocycles. The van der Waals surface area contributed by atoms with E-state index in [1.165, 1.54) is 0 Å². The van der Waals surface area contributed by atoms with Crippen LogP contribution >= 0.6 is 0 Å². The van der Waals surface area contributed by atoms with Gasteiger partial charge in [0, 0.05) is 0 Å². The molecule has 0 N–H and O–H groups in total. The standard InChI is InChI=1S/C8H9BF/c10-7-6-9-8-4-2-1-3-5-8/h1-5H,6-7H2. The molecule has 0 aromatic heterocycles. The maximum absolute atomic E-state index is 11.6. The van der Waals surface area contributed by atoms with Crippen LogP contribution in [0.2, 0.25) is 6.32 Å². The molecule has 1 rings (SSSR count). The SMILES string of the molecule is FCC[B]c1ccccc1. The van der Waals surface area contributed by atoms with Gasteiger partial charge in [0.1, 0.15) is 0 Å². The zero-order valence-electron chi connectivity index (χ0n) is 5.76. The van der Waals surface area contributed by atoms with Crippen molar-refractivity contribution in [2.75, 3.05) is 6.67 Å². The highest BCUT2D eigenvalue weighted by atomic mass is 19.1. The van der Waals surface area contributed by atoms with Crippen molar-refractivity contribution in [3.8, 4) is 0 Å². The molecule has 0 bridgehead atoms. The van der Waals surface area contributed by atoms with Crippen LogP contribution in [0.1, 0.15) is 0 Å². The minimum absolute atomic E-state index is 0.269. The van der Waals surface area contributed by atoms with E-state index in [4.69, 9.17) is 0 Å². The van der Waals surface area contributed by atoms with Crippen molar-refractivity contribution in [1.82, 2.24) is 0 Å². The molecule has 0 fully saturated rings. The van der Waals surface area contributed by atoms with E-state index in [1.807, 2.05) is 37.6 Å². The zero-order valence-corrected chi connectivity index (χ0v) is 5.76. The predicted molar refractivity (Wildman–Crippen MR) is 42.6 cm³/mol. The molecule has 1 radical (unpaired) electrons. The van der Waals surface area contributed by atoms with Crippen molar-refractivity contribution < 1.29 is 4.39 Å². The molecule has 0 spiro atoms. The first-order valence-electron chi connectivity index (χ1n) is 3.37. The normalized spacial score (nSPS) is 9.30. The van der Waals surface area contributed by atoms with Crippen LogP contribution in [0.15, 0.2) is 30.3 Å². The summed E-state index contributed by atoms with van der Waals surface area (Å²) >= 11 is 0. The highest BCUT2D eigenvalue weighted by molar-refractivity contribution is 6.53. The molecule has 0 aliphatic rings. The molecule has 0 nitrogen and oxygen atoms in total. The molecule has 1 aromatic carbocycles. The van der Waals surface area contributed by atoms with Gasteiger partial charge in [0.25, 0.3) is 0 Å². The summed E-state index contributed by atoms with van der Waals surface area (Å²) in [5.41, 5.74) is 1.10. The predicted octanol–water partition coefficient (Wildman–Crippen LogP) is 1.40. The average Bonchev–Trinajstić information content (AvgIpc) is 2.03. The Morgan fingerprint density at radius 2 is 1.90 bits per heavy atom. The molecule has 10 heavy (non-hydrogen) atoms. The summed E-state index contributed by atoms with van der Waals surface area (Å²) in [6, 6.07) is 9.78. The molecule has 0 unspecified atom stereocenters. The van der Waals surface area contributed by atoms with Crippen LogP contribution in [0, 0.1) is 0 Å². The number of hydrogen-bond donors (Lipinski definition) is 0. The first kappa shape index (κ1) is 7.32. The van der Waals surface area contributed by atoms with E-state index in [2.05, 4.69) is 0 Å². The number of rotatable bonds is 3. The Labute approximate surface area is 61.3 Å². The molecule has 0 heterocycles. The molecule has 0 aliphatic carbocycles. The van der Waals surface area contributed by atoms with Crippen LogP contribution in [0.4, 0.5) is 4.39 Å². The van der Waals surface area contributed by atoms with Gasteiger partial charge in [-0.3, -0.25) is 4.39 Å². The lowest BCUT2D eigenvalue weighted by Gasteiger charge is -1.93. The van der Waals surface area contributed by atoms with Gasteiger partial charge in [-0.1, -0.05) is 35.8 Å². The van der Waals surface area contributed by atoms with Crippen LogP contribution in [0.3, 0.4) is 0 Å². The van der Waals surface area contributed by atoms with Gasteiger partial charge in [-0.2, -0.15) is 0 Å². The van der Waals surface area contributed by atoms with Crippen LogP contribution in [-0.2, 0) is 0 Å². The summed E-state index contributed by atoms with van der Waals surface area (Å²) in [5, 5.41) is 0. The van der Waals surface area contributed by atoms with Gasteiger partial charge in [0.05, 0.1) is 6.67 Å². The highest BCUT2D eigenvalue weighted by Gasteiger charge is 1.91. The number of benzene rings is 1. The topological polar surface area (TPSA) is 0 Å². The third-order valence-electron chi connectivity index (χ3n) is 1.29. The van der Waals surface area contributed by atoms with Gasteiger partial charge in [-0.15, -0.1) is 0 Å². The summed E-state index contributed by atoms with van der Waals surface area (Å²) in [6.45, 7) is -0.269. The fraction of sp³-hybridized carbons (Fsp3) is 0.250. The lowest BCUT2D eigenvalue weighted by Crippen LogP contribution is -2.12. The molecule has 0 amide bonds. The Kier molecular flexibility index (Phi) is 3.00. The number of halogens is 1. The summed E-state index contributed by atoms with van der Waals surface area (Å²) in [4.78, 5) is 0. The maximum Gasteiger partial charge on any atom is 0.154 e. The fourth-order valence-electron chi connectivity index (χ4n) is 0.810. The Bertz CT molecular complexity index is 174. The van der Waals surface area contributed by atoms with Gasteiger partial charge >= 0.3 is 0 Å².